The van der Waals surface area contributed by atoms with Gasteiger partial charge in [0, 0.05) is 18.8 Å². The van der Waals surface area contributed by atoms with Crippen molar-refractivity contribution in [2.45, 2.75) is 37.8 Å². The fraction of sp³-hybridized carbons (Fsp3) is 0.733. The highest BCUT2D eigenvalue weighted by atomic mass is 16.3. The SMILES string of the molecule is Cn1cc([C@H](NC(=O)CN2CCCC2)C2CC(O)C2)cn1. The van der Waals surface area contributed by atoms with Crippen molar-refractivity contribution in [3.63, 3.8) is 0 Å². The number of hydrogen-bond acceptors (Lipinski definition) is 4. The number of hydrogen-bond donors (Lipinski definition) is 2. The third-order valence-corrected chi connectivity index (χ3v) is 4.59. The summed E-state index contributed by atoms with van der Waals surface area (Å²) >= 11 is 0. The van der Waals surface area contributed by atoms with E-state index in [9.17, 15) is 9.90 Å². The Bertz CT molecular complexity index is 490. The number of carbonyl (C=O) groups is 1. The zero-order valence-corrected chi connectivity index (χ0v) is 12.5. The molecule has 21 heavy (non-hydrogen) atoms. The molecule has 0 aromatic carbocycles. The molecule has 0 spiro atoms. The Kier molecular flexibility index (Phi) is 4.26. The number of aromatic nitrogens is 2. The van der Waals surface area contributed by atoms with Crippen molar-refractivity contribution in [1.29, 1.82) is 0 Å². The lowest BCUT2D eigenvalue weighted by Crippen LogP contribution is -2.44. The van der Waals surface area contributed by atoms with Crippen LogP contribution in [0.4, 0.5) is 0 Å². The van der Waals surface area contributed by atoms with Gasteiger partial charge in [-0.1, -0.05) is 0 Å². The molecule has 2 N–H and O–H groups in total. The van der Waals surface area contributed by atoms with Crippen LogP contribution in [0.25, 0.3) is 0 Å². The van der Waals surface area contributed by atoms with Gasteiger partial charge in [0.15, 0.2) is 0 Å². The Labute approximate surface area is 125 Å². The summed E-state index contributed by atoms with van der Waals surface area (Å²) in [5, 5.41) is 16.9. The number of nitrogens with zero attached hydrogens (tertiary/aromatic N) is 3. The van der Waals surface area contributed by atoms with E-state index < -0.39 is 0 Å². The molecule has 1 saturated carbocycles. The highest BCUT2D eigenvalue weighted by Crippen LogP contribution is 2.37. The molecule has 1 aromatic rings. The lowest BCUT2D eigenvalue weighted by molar-refractivity contribution is -0.124. The van der Waals surface area contributed by atoms with Gasteiger partial charge >= 0.3 is 0 Å². The van der Waals surface area contributed by atoms with Gasteiger partial charge in [0.25, 0.3) is 0 Å². The zero-order valence-electron chi connectivity index (χ0n) is 12.5. The predicted molar refractivity (Wildman–Crippen MR) is 78.5 cm³/mol. The third kappa shape index (κ3) is 3.44. The van der Waals surface area contributed by atoms with Gasteiger partial charge in [-0.2, -0.15) is 5.10 Å². The van der Waals surface area contributed by atoms with E-state index in [1.54, 1.807) is 4.68 Å². The monoisotopic (exact) mass is 292 g/mol. The number of carbonyl (C=O) groups excluding carboxylic acids is 1. The Hall–Kier alpha value is -1.40. The number of aryl methyl sites for hydroxylation is 1. The summed E-state index contributed by atoms with van der Waals surface area (Å²) in [6.45, 7) is 2.52. The quantitative estimate of drug-likeness (QED) is 0.826. The summed E-state index contributed by atoms with van der Waals surface area (Å²) in [4.78, 5) is 14.5. The fourth-order valence-electron chi connectivity index (χ4n) is 3.34. The van der Waals surface area contributed by atoms with E-state index in [4.69, 9.17) is 0 Å². The molecule has 0 unspecified atom stereocenters. The van der Waals surface area contributed by atoms with Crippen LogP contribution in [0.5, 0.6) is 0 Å². The maximum Gasteiger partial charge on any atom is 0.234 e. The molecule has 3 rings (SSSR count). The molecule has 0 radical (unpaired) electrons. The van der Waals surface area contributed by atoms with Crippen LogP contribution >= 0.6 is 0 Å². The fourth-order valence-corrected chi connectivity index (χ4v) is 3.34. The van der Waals surface area contributed by atoms with Gasteiger partial charge in [0.05, 0.1) is 24.9 Å². The first-order chi connectivity index (χ1) is 10.1. The van der Waals surface area contributed by atoms with Crippen molar-refractivity contribution in [3.05, 3.63) is 18.0 Å². The molecule has 1 saturated heterocycles. The van der Waals surface area contributed by atoms with Crippen LogP contribution in [0, 0.1) is 5.92 Å². The van der Waals surface area contributed by atoms with Crippen molar-refractivity contribution in [2.75, 3.05) is 19.6 Å². The van der Waals surface area contributed by atoms with Crippen LogP contribution in [0.1, 0.15) is 37.3 Å². The van der Waals surface area contributed by atoms with Gasteiger partial charge in [0.1, 0.15) is 0 Å². The molecule has 6 nitrogen and oxygen atoms in total. The zero-order chi connectivity index (χ0) is 14.8. The Morgan fingerprint density at radius 1 is 1.48 bits per heavy atom. The minimum atomic E-state index is -0.218. The average Bonchev–Trinajstić information content (AvgIpc) is 3.04. The maximum atomic E-state index is 12.3. The van der Waals surface area contributed by atoms with Crippen molar-refractivity contribution in [2.24, 2.45) is 13.0 Å². The van der Waals surface area contributed by atoms with Crippen LogP contribution < -0.4 is 5.32 Å². The average molecular weight is 292 g/mol. The van der Waals surface area contributed by atoms with E-state index in [0.29, 0.717) is 12.5 Å². The van der Waals surface area contributed by atoms with Crippen LogP contribution in [0.2, 0.25) is 0 Å². The molecule has 116 valence electrons. The molecule has 1 atom stereocenters. The molecule has 2 heterocycles. The number of amides is 1. The molecular formula is C15H24N4O2. The number of nitrogens with one attached hydrogen (secondary N) is 1. The summed E-state index contributed by atoms with van der Waals surface area (Å²) < 4.78 is 1.75. The third-order valence-electron chi connectivity index (χ3n) is 4.59. The number of rotatable bonds is 5. The summed E-state index contributed by atoms with van der Waals surface area (Å²) in [5.74, 6) is 0.388. The highest BCUT2D eigenvalue weighted by molar-refractivity contribution is 5.78. The van der Waals surface area contributed by atoms with Crippen molar-refractivity contribution < 1.29 is 9.90 Å². The van der Waals surface area contributed by atoms with Crippen LogP contribution in [0.3, 0.4) is 0 Å². The summed E-state index contributed by atoms with van der Waals surface area (Å²) in [5.41, 5.74) is 1.03. The van der Waals surface area contributed by atoms with E-state index in [0.717, 1.165) is 31.5 Å². The molecule has 1 aromatic heterocycles. The Morgan fingerprint density at radius 3 is 2.76 bits per heavy atom. The highest BCUT2D eigenvalue weighted by Gasteiger charge is 2.36. The Balaban J connectivity index is 1.62. The number of likely N-dealkylation sites (tertiary alicyclic amines) is 1. The minimum Gasteiger partial charge on any atom is -0.393 e. The minimum absolute atomic E-state index is 0.0304. The van der Waals surface area contributed by atoms with Crippen LogP contribution in [0.15, 0.2) is 12.4 Å². The van der Waals surface area contributed by atoms with Gasteiger partial charge in [-0.25, -0.2) is 0 Å². The second-order valence-electron chi connectivity index (χ2n) is 6.36. The molecule has 0 bridgehead atoms. The first-order valence-electron chi connectivity index (χ1n) is 7.80. The van der Waals surface area contributed by atoms with E-state index >= 15 is 0 Å². The smallest absolute Gasteiger partial charge is 0.234 e. The van der Waals surface area contributed by atoms with E-state index in [2.05, 4.69) is 15.3 Å². The first-order valence-corrected chi connectivity index (χ1v) is 7.80. The normalized spacial score (nSPS) is 27.3. The lowest BCUT2D eigenvalue weighted by atomic mass is 9.75. The van der Waals surface area contributed by atoms with Crippen LogP contribution in [-0.4, -0.2) is 51.4 Å². The number of aliphatic hydroxyl groups excluding tert-OH is 1. The van der Waals surface area contributed by atoms with Crippen molar-refractivity contribution >= 4 is 5.91 Å². The molecule has 1 amide bonds. The van der Waals surface area contributed by atoms with Crippen molar-refractivity contribution in [3.8, 4) is 0 Å². The largest absolute Gasteiger partial charge is 0.393 e. The van der Waals surface area contributed by atoms with Gasteiger partial charge < -0.3 is 10.4 Å². The Morgan fingerprint density at radius 2 is 2.19 bits per heavy atom. The molecule has 1 aliphatic carbocycles. The van der Waals surface area contributed by atoms with Gasteiger partial charge in [-0.05, 0) is 44.7 Å². The van der Waals surface area contributed by atoms with Gasteiger partial charge in [-0.3, -0.25) is 14.4 Å². The molecule has 2 aliphatic rings. The molecule has 1 aliphatic heterocycles. The summed E-state index contributed by atoms with van der Waals surface area (Å²) in [6, 6.07) is -0.0304. The summed E-state index contributed by atoms with van der Waals surface area (Å²) in [7, 11) is 1.88. The standard InChI is InChI=1S/C15H24N4O2/c1-18-9-12(8-16-18)15(11-6-13(20)7-11)17-14(21)10-19-4-2-3-5-19/h8-9,11,13,15,20H,2-7,10H2,1H3,(H,17,21)/t11?,13?,15-/m1/s1. The molecule has 2 fully saturated rings. The topological polar surface area (TPSA) is 70.4 Å². The predicted octanol–water partition coefficient (Wildman–Crippen LogP) is 0.444. The maximum absolute atomic E-state index is 12.3. The first kappa shape index (κ1) is 14.5. The van der Waals surface area contributed by atoms with Gasteiger partial charge in [-0.15, -0.1) is 0 Å². The second-order valence-corrected chi connectivity index (χ2v) is 6.36. The number of aliphatic hydroxyl groups is 1. The van der Waals surface area contributed by atoms with E-state index in [1.165, 1.54) is 12.8 Å². The second kappa shape index (κ2) is 6.15. The van der Waals surface area contributed by atoms with Gasteiger partial charge in [0.2, 0.25) is 5.91 Å². The molecule has 6 heteroatoms. The van der Waals surface area contributed by atoms with E-state index in [1.807, 2.05) is 19.4 Å². The van der Waals surface area contributed by atoms with Crippen LogP contribution in [-0.2, 0) is 11.8 Å². The summed E-state index contributed by atoms with van der Waals surface area (Å²) in [6.07, 6.45) is 7.43. The van der Waals surface area contributed by atoms with Crippen molar-refractivity contribution in [1.82, 2.24) is 20.0 Å². The van der Waals surface area contributed by atoms with E-state index in [-0.39, 0.29) is 18.1 Å². The molecular weight excluding hydrogens is 268 g/mol. The lowest BCUT2D eigenvalue weighted by Gasteiger charge is -2.37.